The summed E-state index contributed by atoms with van der Waals surface area (Å²) in [7, 11) is 1.48. The lowest BCUT2D eigenvalue weighted by Crippen LogP contribution is -2.34. The molecule has 0 bridgehead atoms. The van der Waals surface area contributed by atoms with Gasteiger partial charge in [-0.15, -0.1) is 0 Å². The zero-order chi connectivity index (χ0) is 15.7. The molecular formula is C16H19NO4. The second-order valence-electron chi connectivity index (χ2n) is 4.39. The Bertz CT molecular complexity index is 522. The quantitative estimate of drug-likeness (QED) is 0.435. The summed E-state index contributed by atoms with van der Waals surface area (Å²) in [6.45, 7) is 2.17. The van der Waals surface area contributed by atoms with Gasteiger partial charge in [-0.2, -0.15) is 0 Å². The highest BCUT2D eigenvalue weighted by Gasteiger charge is 2.16. The first-order valence-corrected chi connectivity index (χ1v) is 6.72. The Balaban J connectivity index is 2.48. The van der Waals surface area contributed by atoms with Gasteiger partial charge in [0, 0.05) is 13.6 Å². The van der Waals surface area contributed by atoms with Crippen LogP contribution in [0.15, 0.2) is 36.4 Å². The fraction of sp³-hybridized carbons (Fsp3) is 0.312. The number of ether oxygens (including phenoxy) is 1. The molecule has 1 aromatic rings. The van der Waals surface area contributed by atoms with Gasteiger partial charge < -0.3 is 9.64 Å². The van der Waals surface area contributed by atoms with Gasteiger partial charge in [0.15, 0.2) is 0 Å². The highest BCUT2D eigenvalue weighted by Crippen LogP contribution is 2.02. The van der Waals surface area contributed by atoms with Crippen molar-refractivity contribution < 1.29 is 19.1 Å². The number of nitrogens with zero attached hydrogens (tertiary/aromatic N) is 1. The largest absolute Gasteiger partial charge is 0.466 e. The fourth-order valence-corrected chi connectivity index (χ4v) is 1.59. The van der Waals surface area contributed by atoms with E-state index >= 15 is 0 Å². The molecule has 0 atom stereocenters. The maximum Gasteiger partial charge on any atom is 0.307 e. The lowest BCUT2D eigenvalue weighted by molar-refractivity contribution is -0.145. The number of rotatable bonds is 7. The maximum atomic E-state index is 11.8. The SMILES string of the molecule is CCOC(=O)CCN(C)C(=O)C(=O)/C=C/c1ccccc1. The fourth-order valence-electron chi connectivity index (χ4n) is 1.59. The van der Waals surface area contributed by atoms with Crippen LogP contribution in [0.4, 0.5) is 0 Å². The second kappa shape index (κ2) is 8.68. The van der Waals surface area contributed by atoms with E-state index in [2.05, 4.69) is 0 Å². The molecule has 5 heteroatoms. The van der Waals surface area contributed by atoms with Crippen molar-refractivity contribution in [3.05, 3.63) is 42.0 Å². The zero-order valence-corrected chi connectivity index (χ0v) is 12.2. The summed E-state index contributed by atoms with van der Waals surface area (Å²) in [5.41, 5.74) is 0.841. The summed E-state index contributed by atoms with van der Waals surface area (Å²) >= 11 is 0. The minimum Gasteiger partial charge on any atom is -0.466 e. The average molecular weight is 289 g/mol. The third-order valence-electron chi connectivity index (χ3n) is 2.74. The Hall–Kier alpha value is -2.43. The van der Waals surface area contributed by atoms with E-state index in [4.69, 9.17) is 4.74 Å². The van der Waals surface area contributed by atoms with Gasteiger partial charge in [-0.1, -0.05) is 36.4 Å². The minimum atomic E-state index is -0.647. The van der Waals surface area contributed by atoms with Gasteiger partial charge in [0.2, 0.25) is 5.78 Å². The van der Waals surface area contributed by atoms with E-state index < -0.39 is 11.7 Å². The molecule has 112 valence electrons. The van der Waals surface area contributed by atoms with Crippen LogP contribution in [0.1, 0.15) is 18.9 Å². The van der Waals surface area contributed by atoms with Gasteiger partial charge in [-0.25, -0.2) is 0 Å². The summed E-state index contributed by atoms with van der Waals surface area (Å²) < 4.78 is 4.76. The van der Waals surface area contributed by atoms with Crippen LogP contribution >= 0.6 is 0 Å². The molecule has 0 saturated heterocycles. The normalized spacial score (nSPS) is 10.4. The average Bonchev–Trinajstić information content (AvgIpc) is 2.50. The number of benzene rings is 1. The second-order valence-corrected chi connectivity index (χ2v) is 4.39. The zero-order valence-electron chi connectivity index (χ0n) is 12.2. The van der Waals surface area contributed by atoms with Gasteiger partial charge in [-0.05, 0) is 18.6 Å². The highest BCUT2D eigenvalue weighted by molar-refractivity contribution is 6.41. The number of amides is 1. The standard InChI is InChI=1S/C16H19NO4/c1-3-21-15(19)11-12-17(2)16(20)14(18)10-9-13-7-5-4-6-8-13/h4-10H,3,11-12H2,1-2H3/b10-9+. The van der Waals surface area contributed by atoms with Crippen LogP contribution in [-0.4, -0.2) is 42.8 Å². The maximum absolute atomic E-state index is 11.8. The van der Waals surface area contributed by atoms with Crippen molar-refractivity contribution in [2.24, 2.45) is 0 Å². The Morgan fingerprint density at radius 1 is 1.19 bits per heavy atom. The number of carbonyl (C=O) groups excluding carboxylic acids is 3. The third kappa shape index (κ3) is 6.03. The van der Waals surface area contributed by atoms with Gasteiger partial charge >= 0.3 is 5.97 Å². The number of hydrogen-bond donors (Lipinski definition) is 0. The molecule has 0 aliphatic heterocycles. The molecule has 0 unspecified atom stereocenters. The summed E-state index contributed by atoms with van der Waals surface area (Å²) in [5, 5.41) is 0. The van der Waals surface area contributed by atoms with Crippen molar-refractivity contribution in [1.82, 2.24) is 4.90 Å². The van der Waals surface area contributed by atoms with E-state index in [1.54, 1.807) is 13.0 Å². The van der Waals surface area contributed by atoms with Crippen LogP contribution in [0.25, 0.3) is 6.08 Å². The van der Waals surface area contributed by atoms with E-state index in [9.17, 15) is 14.4 Å². The molecule has 1 amide bonds. The molecule has 0 heterocycles. The van der Waals surface area contributed by atoms with Crippen LogP contribution in [0.2, 0.25) is 0 Å². The molecule has 0 aromatic heterocycles. The Morgan fingerprint density at radius 2 is 1.86 bits per heavy atom. The van der Waals surface area contributed by atoms with Crippen LogP contribution in [0.3, 0.4) is 0 Å². The van der Waals surface area contributed by atoms with E-state index in [1.807, 2.05) is 30.3 Å². The molecule has 5 nitrogen and oxygen atoms in total. The van der Waals surface area contributed by atoms with Crippen molar-refractivity contribution >= 4 is 23.7 Å². The third-order valence-corrected chi connectivity index (χ3v) is 2.74. The molecule has 21 heavy (non-hydrogen) atoms. The first-order valence-electron chi connectivity index (χ1n) is 6.72. The van der Waals surface area contributed by atoms with E-state index in [-0.39, 0.29) is 18.9 Å². The molecule has 1 aromatic carbocycles. The highest BCUT2D eigenvalue weighted by atomic mass is 16.5. The van der Waals surface area contributed by atoms with Crippen molar-refractivity contribution in [1.29, 1.82) is 0 Å². The molecule has 1 rings (SSSR count). The van der Waals surface area contributed by atoms with Gasteiger partial charge in [0.1, 0.15) is 0 Å². The van der Waals surface area contributed by atoms with Crippen molar-refractivity contribution in [2.45, 2.75) is 13.3 Å². The summed E-state index contributed by atoms with van der Waals surface area (Å²) in [4.78, 5) is 36.0. The van der Waals surface area contributed by atoms with Crippen LogP contribution in [-0.2, 0) is 19.1 Å². The number of esters is 1. The first-order chi connectivity index (χ1) is 10.0. The molecule has 0 fully saturated rings. The predicted molar refractivity (Wildman–Crippen MR) is 79.4 cm³/mol. The van der Waals surface area contributed by atoms with E-state index in [0.29, 0.717) is 6.61 Å². The molecular weight excluding hydrogens is 270 g/mol. The van der Waals surface area contributed by atoms with Crippen molar-refractivity contribution in [3.63, 3.8) is 0 Å². The molecule has 0 aliphatic carbocycles. The summed E-state index contributed by atoms with van der Waals surface area (Å²) in [5.74, 6) is -1.65. The lowest BCUT2D eigenvalue weighted by atomic mass is 10.2. The minimum absolute atomic E-state index is 0.0752. The Kier molecular flexibility index (Phi) is 6.87. The summed E-state index contributed by atoms with van der Waals surface area (Å²) in [6, 6.07) is 9.22. The van der Waals surface area contributed by atoms with E-state index in [1.165, 1.54) is 18.0 Å². The van der Waals surface area contributed by atoms with E-state index in [0.717, 1.165) is 5.56 Å². The van der Waals surface area contributed by atoms with Crippen molar-refractivity contribution in [3.8, 4) is 0 Å². The van der Waals surface area contributed by atoms with Crippen LogP contribution < -0.4 is 0 Å². The molecule has 0 N–H and O–H groups in total. The van der Waals surface area contributed by atoms with Crippen molar-refractivity contribution in [2.75, 3.05) is 20.2 Å². The summed E-state index contributed by atoms with van der Waals surface area (Å²) in [6.07, 6.45) is 2.89. The topological polar surface area (TPSA) is 63.7 Å². The number of likely N-dealkylation sites (N-methyl/N-ethyl adjacent to an activating group) is 1. The van der Waals surface area contributed by atoms with Gasteiger partial charge in [-0.3, -0.25) is 14.4 Å². The molecule has 0 aliphatic rings. The predicted octanol–water partition coefficient (Wildman–Crippen LogP) is 1.68. The smallest absolute Gasteiger partial charge is 0.307 e. The molecule has 0 saturated carbocycles. The lowest BCUT2D eigenvalue weighted by Gasteiger charge is -2.14. The van der Waals surface area contributed by atoms with Crippen LogP contribution in [0.5, 0.6) is 0 Å². The number of ketones is 1. The van der Waals surface area contributed by atoms with Gasteiger partial charge in [0.05, 0.1) is 13.0 Å². The van der Waals surface area contributed by atoms with Crippen LogP contribution in [0, 0.1) is 0 Å². The Morgan fingerprint density at radius 3 is 2.48 bits per heavy atom. The number of carbonyl (C=O) groups is 3. The molecule has 0 spiro atoms. The molecule has 0 radical (unpaired) electrons. The first kappa shape index (κ1) is 16.6. The monoisotopic (exact) mass is 289 g/mol. The number of hydrogen-bond acceptors (Lipinski definition) is 4. The van der Waals surface area contributed by atoms with Gasteiger partial charge in [0.25, 0.3) is 5.91 Å². The Labute approximate surface area is 124 Å².